The van der Waals surface area contributed by atoms with Crippen molar-refractivity contribution in [2.75, 3.05) is 0 Å². The third-order valence-electron chi connectivity index (χ3n) is 2.00. The molecule has 14 heavy (non-hydrogen) atoms. The van der Waals surface area contributed by atoms with Crippen molar-refractivity contribution in [2.45, 2.75) is 13.5 Å². The molecule has 0 amide bonds. The largest absolute Gasteiger partial charge is 0.508 e. The fourth-order valence-electron chi connectivity index (χ4n) is 1.40. The fourth-order valence-corrected chi connectivity index (χ4v) is 1.40. The number of hydrogen-bond donors (Lipinski definition) is 1. The highest BCUT2D eigenvalue weighted by Gasteiger charge is 2.04. The molecule has 0 atom stereocenters. The van der Waals surface area contributed by atoms with E-state index in [-0.39, 0.29) is 18.1 Å². The van der Waals surface area contributed by atoms with Crippen molar-refractivity contribution in [1.29, 1.82) is 0 Å². The normalized spacial score (nSPS) is 10.6. The number of aromatic nitrogens is 2. The van der Waals surface area contributed by atoms with E-state index in [4.69, 9.17) is 0 Å². The first-order valence-electron chi connectivity index (χ1n) is 4.31. The Balaban J connectivity index is 2.55. The summed E-state index contributed by atoms with van der Waals surface area (Å²) in [5.41, 5.74) is 0.778. The number of phenols is 1. The zero-order valence-electron chi connectivity index (χ0n) is 7.77. The average Bonchev–Trinajstić information content (AvgIpc) is 2.47. The summed E-state index contributed by atoms with van der Waals surface area (Å²) < 4.78 is 1.58. The molecule has 0 saturated carbocycles. The molecule has 0 bridgehead atoms. The summed E-state index contributed by atoms with van der Waals surface area (Å²) in [7, 11) is 0. The first kappa shape index (κ1) is 8.74. The molecule has 1 heterocycles. The quantitative estimate of drug-likeness (QED) is 0.777. The number of hydrogen-bond acceptors (Lipinski definition) is 3. The van der Waals surface area contributed by atoms with E-state index >= 15 is 0 Å². The first-order chi connectivity index (χ1) is 6.66. The second-order valence-electron chi connectivity index (χ2n) is 3.25. The van der Waals surface area contributed by atoms with E-state index in [0.717, 1.165) is 10.9 Å². The summed E-state index contributed by atoms with van der Waals surface area (Å²) >= 11 is 0. The van der Waals surface area contributed by atoms with Crippen LogP contribution in [0.1, 0.15) is 6.92 Å². The summed E-state index contributed by atoms with van der Waals surface area (Å²) in [6.07, 6.45) is 1.68. The summed E-state index contributed by atoms with van der Waals surface area (Å²) in [5, 5.41) is 14.3. The van der Waals surface area contributed by atoms with Crippen LogP contribution in [-0.4, -0.2) is 20.7 Å². The highest BCUT2D eigenvalue weighted by molar-refractivity contribution is 5.82. The van der Waals surface area contributed by atoms with E-state index in [1.54, 1.807) is 29.1 Å². The van der Waals surface area contributed by atoms with E-state index in [9.17, 15) is 9.90 Å². The lowest BCUT2D eigenvalue weighted by Gasteiger charge is -1.99. The molecule has 0 aliphatic heterocycles. The zero-order chi connectivity index (χ0) is 10.1. The Labute approximate surface area is 80.8 Å². The number of benzene rings is 1. The van der Waals surface area contributed by atoms with Crippen LogP contribution in [0, 0.1) is 0 Å². The Morgan fingerprint density at radius 1 is 1.57 bits per heavy atom. The van der Waals surface area contributed by atoms with Crippen LogP contribution in [0.15, 0.2) is 24.4 Å². The van der Waals surface area contributed by atoms with Crippen molar-refractivity contribution in [1.82, 2.24) is 9.78 Å². The average molecular weight is 190 g/mol. The van der Waals surface area contributed by atoms with E-state index in [1.165, 1.54) is 6.92 Å². The SMILES string of the molecule is CC(=O)Cn1ncc2ccc(O)cc21. The molecule has 1 N–H and O–H groups in total. The maximum Gasteiger partial charge on any atom is 0.151 e. The molecule has 1 aromatic heterocycles. The Morgan fingerprint density at radius 3 is 3.07 bits per heavy atom. The van der Waals surface area contributed by atoms with Gasteiger partial charge >= 0.3 is 0 Å². The highest BCUT2D eigenvalue weighted by Crippen LogP contribution is 2.19. The van der Waals surface area contributed by atoms with Gasteiger partial charge in [0.2, 0.25) is 0 Å². The molecule has 2 rings (SSSR count). The summed E-state index contributed by atoms with van der Waals surface area (Å²) in [6.45, 7) is 1.75. The Morgan fingerprint density at radius 2 is 2.36 bits per heavy atom. The molecule has 0 radical (unpaired) electrons. The second-order valence-corrected chi connectivity index (χ2v) is 3.25. The summed E-state index contributed by atoms with van der Waals surface area (Å²) in [6, 6.07) is 4.97. The fraction of sp³-hybridized carbons (Fsp3) is 0.200. The van der Waals surface area contributed by atoms with Crippen LogP contribution in [0.5, 0.6) is 5.75 Å². The molecular weight excluding hydrogens is 180 g/mol. The number of nitrogens with zero attached hydrogens (tertiary/aromatic N) is 2. The van der Waals surface area contributed by atoms with Gasteiger partial charge in [-0.1, -0.05) is 0 Å². The second kappa shape index (κ2) is 3.14. The van der Waals surface area contributed by atoms with Crippen molar-refractivity contribution in [3.63, 3.8) is 0 Å². The minimum absolute atomic E-state index is 0.0401. The smallest absolute Gasteiger partial charge is 0.151 e. The molecular formula is C10H10N2O2. The number of rotatable bonds is 2. The number of Topliss-reactive ketones (excluding diaryl/α,β-unsaturated/α-hetero) is 1. The lowest BCUT2D eigenvalue weighted by Crippen LogP contribution is -2.07. The van der Waals surface area contributed by atoms with Gasteiger partial charge in [-0.25, -0.2) is 0 Å². The van der Waals surface area contributed by atoms with E-state index < -0.39 is 0 Å². The monoisotopic (exact) mass is 190 g/mol. The molecule has 0 saturated heterocycles. The molecule has 4 heteroatoms. The van der Waals surface area contributed by atoms with Crippen LogP contribution in [-0.2, 0) is 11.3 Å². The molecule has 0 aliphatic carbocycles. The van der Waals surface area contributed by atoms with Gasteiger partial charge in [-0.15, -0.1) is 0 Å². The van der Waals surface area contributed by atoms with Crippen molar-refractivity contribution in [2.24, 2.45) is 0 Å². The maximum absolute atomic E-state index is 10.9. The molecule has 0 spiro atoms. The predicted molar refractivity (Wildman–Crippen MR) is 52.1 cm³/mol. The Bertz CT molecular complexity index is 488. The van der Waals surface area contributed by atoms with Crippen molar-refractivity contribution in [3.05, 3.63) is 24.4 Å². The number of aromatic hydroxyl groups is 1. The standard InChI is InChI=1S/C10H10N2O2/c1-7(13)6-12-10-4-9(14)3-2-8(10)5-11-12/h2-5,14H,6H2,1H3. The molecule has 0 unspecified atom stereocenters. The van der Waals surface area contributed by atoms with Crippen LogP contribution in [0.25, 0.3) is 10.9 Å². The number of fused-ring (bicyclic) bond motifs is 1. The van der Waals surface area contributed by atoms with Crippen molar-refractivity contribution >= 4 is 16.7 Å². The highest BCUT2D eigenvalue weighted by atomic mass is 16.3. The van der Waals surface area contributed by atoms with E-state index in [1.807, 2.05) is 0 Å². The molecule has 0 fully saturated rings. The van der Waals surface area contributed by atoms with Gasteiger partial charge in [0, 0.05) is 11.5 Å². The van der Waals surface area contributed by atoms with Crippen LogP contribution in [0.3, 0.4) is 0 Å². The molecule has 2 aromatic rings. The first-order valence-corrected chi connectivity index (χ1v) is 4.31. The zero-order valence-corrected chi connectivity index (χ0v) is 7.77. The summed E-state index contributed by atoms with van der Waals surface area (Å²) in [5.74, 6) is 0.223. The van der Waals surface area contributed by atoms with E-state index in [0.29, 0.717) is 0 Å². The number of phenolic OH excluding ortho intramolecular Hbond substituents is 1. The lowest BCUT2D eigenvalue weighted by atomic mass is 10.2. The Kier molecular flexibility index (Phi) is 1.96. The van der Waals surface area contributed by atoms with Gasteiger partial charge in [0.25, 0.3) is 0 Å². The number of carbonyl (C=O) groups excluding carboxylic acids is 1. The van der Waals surface area contributed by atoms with Crippen molar-refractivity contribution < 1.29 is 9.90 Å². The van der Waals surface area contributed by atoms with Crippen LogP contribution in [0.2, 0.25) is 0 Å². The molecule has 1 aromatic carbocycles. The predicted octanol–water partition coefficient (Wildman–Crippen LogP) is 1.33. The minimum atomic E-state index is 0.0401. The Hall–Kier alpha value is -1.84. The third-order valence-corrected chi connectivity index (χ3v) is 2.00. The van der Waals surface area contributed by atoms with Crippen LogP contribution in [0.4, 0.5) is 0 Å². The van der Waals surface area contributed by atoms with Gasteiger partial charge < -0.3 is 5.11 Å². The number of ketones is 1. The van der Waals surface area contributed by atoms with Crippen molar-refractivity contribution in [3.8, 4) is 5.75 Å². The number of carbonyl (C=O) groups is 1. The third kappa shape index (κ3) is 1.46. The van der Waals surface area contributed by atoms with Gasteiger partial charge in [-0.05, 0) is 19.1 Å². The van der Waals surface area contributed by atoms with Gasteiger partial charge in [0.1, 0.15) is 5.75 Å². The van der Waals surface area contributed by atoms with Gasteiger partial charge in [0.15, 0.2) is 5.78 Å². The van der Waals surface area contributed by atoms with Gasteiger partial charge in [0.05, 0.1) is 18.3 Å². The molecule has 72 valence electrons. The van der Waals surface area contributed by atoms with Crippen LogP contribution < -0.4 is 0 Å². The van der Waals surface area contributed by atoms with Gasteiger partial charge in [-0.3, -0.25) is 9.48 Å². The lowest BCUT2D eigenvalue weighted by molar-refractivity contribution is -0.117. The van der Waals surface area contributed by atoms with Crippen LogP contribution >= 0.6 is 0 Å². The van der Waals surface area contributed by atoms with E-state index in [2.05, 4.69) is 5.10 Å². The molecule has 4 nitrogen and oxygen atoms in total. The molecule has 0 aliphatic rings. The van der Waals surface area contributed by atoms with Gasteiger partial charge in [-0.2, -0.15) is 5.10 Å². The summed E-state index contributed by atoms with van der Waals surface area (Å²) in [4.78, 5) is 10.9. The maximum atomic E-state index is 10.9. The minimum Gasteiger partial charge on any atom is -0.508 e. The topological polar surface area (TPSA) is 55.1 Å².